The molecule has 2 atom stereocenters. The third-order valence-electron chi connectivity index (χ3n) is 5.47. The summed E-state index contributed by atoms with van der Waals surface area (Å²) in [5.74, 6) is 0.512. The van der Waals surface area contributed by atoms with Crippen molar-refractivity contribution in [1.29, 1.82) is 0 Å². The second-order valence-electron chi connectivity index (χ2n) is 7.42. The molecular weight excluding hydrogens is 442 g/mol. The molecule has 1 fully saturated rings. The van der Waals surface area contributed by atoms with Crippen LogP contribution in [0.5, 0.6) is 0 Å². The zero-order chi connectivity index (χ0) is 23.4. The third kappa shape index (κ3) is 4.73. The summed E-state index contributed by atoms with van der Waals surface area (Å²) in [5.41, 5.74) is 1.98. The van der Waals surface area contributed by atoms with Crippen LogP contribution in [0.1, 0.15) is 40.3 Å². The number of pyridine rings is 1. The number of aromatic nitrogens is 1. The zero-order valence-corrected chi connectivity index (χ0v) is 19.0. The minimum atomic E-state index is -0.418. The molecule has 2 aromatic heterocycles. The number of carbonyl (C=O) groups is 2. The molecule has 1 aliphatic rings. The first-order chi connectivity index (χ1) is 16.0. The van der Waals surface area contributed by atoms with Crippen LogP contribution in [0.2, 0.25) is 0 Å². The summed E-state index contributed by atoms with van der Waals surface area (Å²) in [7, 11) is 2.70. The maximum absolute atomic E-state index is 11.9. The first-order valence-electron chi connectivity index (χ1n) is 10.3. The average Bonchev–Trinajstić information content (AvgIpc) is 3.47. The molecule has 0 unspecified atom stereocenters. The van der Waals surface area contributed by atoms with Gasteiger partial charge in [0.05, 0.1) is 37.9 Å². The Kier molecular flexibility index (Phi) is 6.69. The fourth-order valence-corrected chi connectivity index (χ4v) is 4.19. The molecule has 170 valence electrons. The van der Waals surface area contributed by atoms with Crippen LogP contribution in [-0.4, -0.2) is 47.7 Å². The second-order valence-corrected chi connectivity index (χ2v) is 7.81. The molecule has 0 saturated carbocycles. The van der Waals surface area contributed by atoms with Crippen LogP contribution < -0.4 is 5.32 Å². The summed E-state index contributed by atoms with van der Waals surface area (Å²) in [5, 5.41) is 3.82. The van der Waals surface area contributed by atoms with Crippen LogP contribution in [0.3, 0.4) is 0 Å². The molecule has 8 nitrogen and oxygen atoms in total. The van der Waals surface area contributed by atoms with Gasteiger partial charge in [0.25, 0.3) is 0 Å². The van der Waals surface area contributed by atoms with Gasteiger partial charge in [0.2, 0.25) is 0 Å². The van der Waals surface area contributed by atoms with Gasteiger partial charge >= 0.3 is 11.9 Å². The summed E-state index contributed by atoms with van der Waals surface area (Å²) in [6, 6.07) is 15.8. The van der Waals surface area contributed by atoms with Gasteiger partial charge in [-0.2, -0.15) is 0 Å². The minimum absolute atomic E-state index is 0.179. The number of carbonyl (C=O) groups excluding carboxylic acids is 2. The molecule has 1 aromatic carbocycles. The van der Waals surface area contributed by atoms with E-state index in [2.05, 4.69) is 10.3 Å². The molecule has 33 heavy (non-hydrogen) atoms. The number of nitrogens with one attached hydrogen (secondary N) is 1. The van der Waals surface area contributed by atoms with E-state index in [-0.39, 0.29) is 24.5 Å². The van der Waals surface area contributed by atoms with Crippen molar-refractivity contribution < 1.29 is 23.5 Å². The van der Waals surface area contributed by atoms with Crippen molar-refractivity contribution in [3.8, 4) is 11.3 Å². The molecule has 0 radical (unpaired) electrons. The van der Waals surface area contributed by atoms with E-state index < -0.39 is 5.97 Å². The van der Waals surface area contributed by atoms with E-state index in [1.807, 2.05) is 41.3 Å². The van der Waals surface area contributed by atoms with E-state index >= 15 is 0 Å². The fourth-order valence-electron chi connectivity index (χ4n) is 3.85. The number of rotatable bonds is 7. The molecule has 1 N–H and O–H groups in total. The molecule has 0 bridgehead atoms. The van der Waals surface area contributed by atoms with Crippen molar-refractivity contribution in [3.63, 3.8) is 0 Å². The normalized spacial score (nSPS) is 17.5. The van der Waals surface area contributed by atoms with Crippen LogP contribution in [0, 0.1) is 0 Å². The lowest BCUT2D eigenvalue weighted by atomic mass is 10.0. The number of hydrogen-bond donors (Lipinski definition) is 1. The van der Waals surface area contributed by atoms with Gasteiger partial charge in [-0.3, -0.25) is 9.78 Å². The van der Waals surface area contributed by atoms with Crippen molar-refractivity contribution in [2.45, 2.75) is 18.5 Å². The molecule has 4 rings (SSSR count). The van der Waals surface area contributed by atoms with Gasteiger partial charge < -0.3 is 24.1 Å². The number of hydrogen-bond acceptors (Lipinski definition) is 7. The second kappa shape index (κ2) is 9.83. The van der Waals surface area contributed by atoms with E-state index in [1.165, 1.54) is 14.2 Å². The van der Waals surface area contributed by atoms with Crippen molar-refractivity contribution >= 4 is 29.3 Å². The first kappa shape index (κ1) is 22.5. The Bertz CT molecular complexity index is 1160. The van der Waals surface area contributed by atoms with Gasteiger partial charge in [0.1, 0.15) is 17.6 Å². The summed E-state index contributed by atoms with van der Waals surface area (Å²) < 4.78 is 15.9. The van der Waals surface area contributed by atoms with Crippen LogP contribution >= 0.6 is 12.2 Å². The smallest absolute Gasteiger partial charge is 0.337 e. The van der Waals surface area contributed by atoms with Gasteiger partial charge in [-0.05, 0) is 48.6 Å². The third-order valence-corrected chi connectivity index (χ3v) is 5.82. The number of nitrogens with zero attached hydrogens (tertiary/aromatic N) is 2. The Balaban J connectivity index is 1.68. The van der Waals surface area contributed by atoms with Crippen LogP contribution in [0.4, 0.5) is 0 Å². The van der Waals surface area contributed by atoms with E-state index in [0.29, 0.717) is 28.7 Å². The largest absolute Gasteiger partial charge is 0.469 e. The van der Waals surface area contributed by atoms with E-state index in [4.69, 9.17) is 26.1 Å². The minimum Gasteiger partial charge on any atom is -0.469 e. The number of benzene rings is 1. The highest BCUT2D eigenvalue weighted by molar-refractivity contribution is 7.80. The fraction of sp³-hybridized carbons (Fsp3) is 0.250. The van der Waals surface area contributed by atoms with Gasteiger partial charge in [-0.1, -0.05) is 18.2 Å². The van der Waals surface area contributed by atoms with Crippen LogP contribution in [0.25, 0.3) is 11.3 Å². The van der Waals surface area contributed by atoms with Crippen molar-refractivity contribution in [2.24, 2.45) is 0 Å². The van der Waals surface area contributed by atoms with Gasteiger partial charge in [0.15, 0.2) is 5.11 Å². The van der Waals surface area contributed by atoms with Gasteiger partial charge in [0, 0.05) is 18.3 Å². The highest BCUT2D eigenvalue weighted by atomic mass is 32.1. The predicted molar refractivity (Wildman–Crippen MR) is 124 cm³/mol. The Morgan fingerprint density at radius 2 is 1.97 bits per heavy atom. The summed E-state index contributed by atoms with van der Waals surface area (Å²) in [6.07, 6.45) is 1.90. The number of ether oxygens (including phenoxy) is 2. The number of esters is 2. The van der Waals surface area contributed by atoms with Crippen LogP contribution in [0.15, 0.2) is 65.2 Å². The molecular formula is C24H23N3O5S. The Hall–Kier alpha value is -3.72. The molecule has 3 aromatic rings. The number of methoxy groups -OCH3 is 2. The Morgan fingerprint density at radius 1 is 1.12 bits per heavy atom. The van der Waals surface area contributed by atoms with Crippen molar-refractivity contribution in [1.82, 2.24) is 15.2 Å². The molecule has 1 aliphatic heterocycles. The lowest BCUT2D eigenvalue weighted by Crippen LogP contribution is -2.31. The lowest BCUT2D eigenvalue weighted by molar-refractivity contribution is -0.140. The Labute approximate surface area is 196 Å². The summed E-state index contributed by atoms with van der Waals surface area (Å²) >= 11 is 5.58. The first-order valence-corrected chi connectivity index (χ1v) is 10.8. The standard InChI is InChI=1S/C24H23N3O5S/c1-30-20(28)11-13-27-22(21(26-24(27)33)17-8-3-4-12-25-17)19-10-9-18(32-19)15-6-5-7-16(14-15)23(29)31-2/h3-10,12,14,21-22H,11,13H2,1-2H3,(H,26,33)/t21-,22-/m0/s1. The van der Waals surface area contributed by atoms with E-state index in [9.17, 15) is 9.59 Å². The SMILES string of the molecule is COC(=O)CCN1C(=S)N[C@@H](c2ccccn2)[C@@H]1c1ccc(-c2cccc(C(=O)OC)c2)o1. The van der Waals surface area contributed by atoms with Crippen molar-refractivity contribution in [2.75, 3.05) is 20.8 Å². The van der Waals surface area contributed by atoms with E-state index in [0.717, 1.165) is 11.3 Å². The van der Waals surface area contributed by atoms with E-state index in [1.54, 1.807) is 24.4 Å². The molecule has 0 spiro atoms. The molecule has 0 aliphatic carbocycles. The highest BCUT2D eigenvalue weighted by Gasteiger charge is 2.41. The number of furan rings is 1. The van der Waals surface area contributed by atoms with Gasteiger partial charge in [-0.25, -0.2) is 4.79 Å². The average molecular weight is 466 g/mol. The summed E-state index contributed by atoms with van der Waals surface area (Å²) in [6.45, 7) is 0.361. The van der Waals surface area contributed by atoms with Crippen LogP contribution in [-0.2, 0) is 14.3 Å². The van der Waals surface area contributed by atoms with Gasteiger partial charge in [-0.15, -0.1) is 0 Å². The zero-order valence-electron chi connectivity index (χ0n) is 18.2. The molecule has 1 saturated heterocycles. The molecule has 0 amide bonds. The lowest BCUT2D eigenvalue weighted by Gasteiger charge is -2.25. The Morgan fingerprint density at radius 3 is 2.70 bits per heavy atom. The maximum atomic E-state index is 11.9. The molecule has 3 heterocycles. The van der Waals surface area contributed by atoms with Crippen molar-refractivity contribution in [3.05, 3.63) is 77.8 Å². The summed E-state index contributed by atoms with van der Waals surface area (Å²) in [4.78, 5) is 30.1. The maximum Gasteiger partial charge on any atom is 0.337 e. The quantitative estimate of drug-likeness (QED) is 0.414. The highest BCUT2D eigenvalue weighted by Crippen LogP contribution is 2.40. The molecule has 9 heteroatoms. The number of thiocarbonyl (C=S) groups is 1. The monoisotopic (exact) mass is 465 g/mol. The predicted octanol–water partition coefficient (Wildman–Crippen LogP) is 3.66. The topological polar surface area (TPSA) is 93.9 Å².